The molecule has 0 unspecified atom stereocenters. The molecule has 112 valence electrons. The number of alkyl halides is 3. The van der Waals surface area contributed by atoms with E-state index in [1.54, 1.807) is 13.8 Å². The second-order valence-electron chi connectivity index (χ2n) is 4.91. The standard InChI is InChI=1S/C13H17F3N2O2/c1-4-12(2,3)20-8-5-6-9(11(17)18-19)10(7-8)13(14,15)16/h5-7,19H,4H2,1-3H3,(H2,17,18). The summed E-state index contributed by atoms with van der Waals surface area (Å²) < 4.78 is 44.5. The third-order valence-electron chi connectivity index (χ3n) is 2.93. The van der Waals surface area contributed by atoms with Crippen molar-refractivity contribution >= 4 is 5.84 Å². The summed E-state index contributed by atoms with van der Waals surface area (Å²) in [6.07, 6.45) is -3.99. The van der Waals surface area contributed by atoms with Crippen molar-refractivity contribution in [2.24, 2.45) is 10.9 Å². The SMILES string of the molecule is CCC(C)(C)Oc1ccc(/C(N)=N/O)c(C(F)(F)F)c1. The second-order valence-corrected chi connectivity index (χ2v) is 4.91. The molecule has 0 spiro atoms. The first-order valence-corrected chi connectivity index (χ1v) is 5.99. The molecule has 3 N–H and O–H groups in total. The van der Waals surface area contributed by atoms with Crippen LogP contribution in [0.5, 0.6) is 5.75 Å². The lowest BCUT2D eigenvalue weighted by Gasteiger charge is -2.25. The molecule has 7 heteroatoms. The number of halogens is 3. The molecule has 0 radical (unpaired) electrons. The summed E-state index contributed by atoms with van der Waals surface area (Å²) in [7, 11) is 0. The molecule has 0 amide bonds. The number of hydrogen-bond acceptors (Lipinski definition) is 3. The zero-order valence-electron chi connectivity index (χ0n) is 11.5. The highest BCUT2D eigenvalue weighted by Gasteiger charge is 2.35. The van der Waals surface area contributed by atoms with E-state index in [0.29, 0.717) is 6.42 Å². The molecule has 0 aromatic heterocycles. The Balaban J connectivity index is 3.29. The summed E-state index contributed by atoms with van der Waals surface area (Å²) in [5.41, 5.74) is 3.28. The van der Waals surface area contributed by atoms with Crippen molar-refractivity contribution in [1.29, 1.82) is 0 Å². The molecule has 0 aliphatic heterocycles. The van der Waals surface area contributed by atoms with Crippen LogP contribution in [-0.2, 0) is 6.18 Å². The van der Waals surface area contributed by atoms with Crippen molar-refractivity contribution in [1.82, 2.24) is 0 Å². The van der Waals surface area contributed by atoms with Crippen molar-refractivity contribution in [3.63, 3.8) is 0 Å². The van der Waals surface area contributed by atoms with Crippen LogP contribution in [0.2, 0.25) is 0 Å². The first-order chi connectivity index (χ1) is 9.10. The Labute approximate surface area is 115 Å². The average Bonchev–Trinajstić information content (AvgIpc) is 2.36. The first kappa shape index (κ1) is 16.1. The van der Waals surface area contributed by atoms with Crippen LogP contribution < -0.4 is 10.5 Å². The molecular weight excluding hydrogens is 273 g/mol. The molecular formula is C13H17F3N2O2. The fourth-order valence-corrected chi connectivity index (χ4v) is 1.49. The van der Waals surface area contributed by atoms with Gasteiger partial charge >= 0.3 is 6.18 Å². The van der Waals surface area contributed by atoms with Gasteiger partial charge in [0.05, 0.1) is 5.56 Å². The Bertz CT molecular complexity index is 511. The maximum atomic E-state index is 13.0. The molecule has 0 saturated heterocycles. The van der Waals surface area contributed by atoms with Crippen molar-refractivity contribution < 1.29 is 23.1 Å². The Kier molecular flexibility index (Phi) is 4.52. The van der Waals surface area contributed by atoms with Gasteiger partial charge in [0, 0.05) is 5.56 Å². The number of nitrogens with zero attached hydrogens (tertiary/aromatic N) is 1. The van der Waals surface area contributed by atoms with Gasteiger partial charge in [-0.1, -0.05) is 12.1 Å². The number of amidine groups is 1. The average molecular weight is 290 g/mol. The van der Waals surface area contributed by atoms with E-state index in [9.17, 15) is 13.2 Å². The Morgan fingerprint density at radius 2 is 1.95 bits per heavy atom. The Morgan fingerprint density at radius 3 is 2.40 bits per heavy atom. The van der Waals surface area contributed by atoms with Gasteiger partial charge in [-0.25, -0.2) is 0 Å². The first-order valence-electron chi connectivity index (χ1n) is 5.99. The van der Waals surface area contributed by atoms with E-state index in [-0.39, 0.29) is 11.3 Å². The maximum absolute atomic E-state index is 13.0. The van der Waals surface area contributed by atoms with Crippen molar-refractivity contribution in [3.05, 3.63) is 29.3 Å². The summed E-state index contributed by atoms with van der Waals surface area (Å²) in [5.74, 6) is -0.516. The van der Waals surface area contributed by atoms with Crippen LogP contribution in [0.3, 0.4) is 0 Å². The number of ether oxygens (including phenoxy) is 1. The minimum atomic E-state index is -4.62. The quantitative estimate of drug-likeness (QED) is 0.386. The summed E-state index contributed by atoms with van der Waals surface area (Å²) in [6.45, 7) is 5.42. The van der Waals surface area contributed by atoms with E-state index < -0.39 is 23.2 Å². The van der Waals surface area contributed by atoms with Gasteiger partial charge < -0.3 is 15.7 Å². The smallest absolute Gasteiger partial charge is 0.417 e. The largest absolute Gasteiger partial charge is 0.488 e. The van der Waals surface area contributed by atoms with Gasteiger partial charge in [0.2, 0.25) is 0 Å². The molecule has 0 heterocycles. The molecule has 0 atom stereocenters. The number of benzene rings is 1. The predicted molar refractivity (Wildman–Crippen MR) is 69.0 cm³/mol. The topological polar surface area (TPSA) is 67.8 Å². The van der Waals surface area contributed by atoms with Gasteiger partial charge in [0.15, 0.2) is 5.84 Å². The fraction of sp³-hybridized carbons (Fsp3) is 0.462. The third kappa shape index (κ3) is 3.79. The Hall–Kier alpha value is -1.92. The fourth-order valence-electron chi connectivity index (χ4n) is 1.49. The molecule has 1 aromatic rings. The lowest BCUT2D eigenvalue weighted by molar-refractivity contribution is -0.137. The van der Waals surface area contributed by atoms with Crippen LogP contribution in [0.25, 0.3) is 0 Å². The van der Waals surface area contributed by atoms with Gasteiger partial charge in [-0.05, 0) is 38.5 Å². The minimum absolute atomic E-state index is 0.0821. The molecule has 0 saturated carbocycles. The molecule has 4 nitrogen and oxygen atoms in total. The van der Waals surface area contributed by atoms with Crippen molar-refractivity contribution in [3.8, 4) is 5.75 Å². The van der Waals surface area contributed by atoms with E-state index in [0.717, 1.165) is 12.1 Å². The number of nitrogens with two attached hydrogens (primary N) is 1. The van der Waals surface area contributed by atoms with Crippen LogP contribution >= 0.6 is 0 Å². The maximum Gasteiger partial charge on any atom is 0.417 e. The van der Waals surface area contributed by atoms with Crippen molar-refractivity contribution in [2.75, 3.05) is 0 Å². The van der Waals surface area contributed by atoms with Crippen LogP contribution in [0.1, 0.15) is 38.3 Å². The molecule has 0 bridgehead atoms. The third-order valence-corrected chi connectivity index (χ3v) is 2.93. The predicted octanol–water partition coefficient (Wildman–Crippen LogP) is 3.37. The summed E-state index contributed by atoms with van der Waals surface area (Å²) in [5, 5.41) is 11.1. The van der Waals surface area contributed by atoms with Gasteiger partial charge in [-0.15, -0.1) is 0 Å². The highest BCUT2D eigenvalue weighted by atomic mass is 19.4. The Morgan fingerprint density at radius 1 is 1.35 bits per heavy atom. The zero-order valence-corrected chi connectivity index (χ0v) is 11.5. The molecule has 0 aliphatic carbocycles. The highest BCUT2D eigenvalue weighted by molar-refractivity contribution is 5.98. The number of hydrogen-bond donors (Lipinski definition) is 2. The van der Waals surface area contributed by atoms with E-state index >= 15 is 0 Å². The monoisotopic (exact) mass is 290 g/mol. The van der Waals surface area contributed by atoms with Crippen LogP contribution in [0, 0.1) is 0 Å². The normalized spacial score (nSPS) is 13.4. The zero-order chi connectivity index (χ0) is 15.6. The van der Waals surface area contributed by atoms with Gasteiger partial charge in [-0.3, -0.25) is 0 Å². The van der Waals surface area contributed by atoms with Crippen molar-refractivity contribution in [2.45, 2.75) is 39.0 Å². The second kappa shape index (κ2) is 5.60. The van der Waals surface area contributed by atoms with Gasteiger partial charge in [0.1, 0.15) is 11.4 Å². The van der Waals surface area contributed by atoms with E-state index in [4.69, 9.17) is 15.7 Å². The minimum Gasteiger partial charge on any atom is -0.488 e. The molecule has 0 aliphatic rings. The molecule has 0 fully saturated rings. The van der Waals surface area contributed by atoms with Gasteiger partial charge in [-0.2, -0.15) is 13.2 Å². The summed E-state index contributed by atoms with van der Waals surface area (Å²) >= 11 is 0. The molecule has 1 aromatic carbocycles. The number of oxime groups is 1. The highest BCUT2D eigenvalue weighted by Crippen LogP contribution is 2.35. The van der Waals surface area contributed by atoms with E-state index in [2.05, 4.69) is 5.16 Å². The molecule has 20 heavy (non-hydrogen) atoms. The summed E-state index contributed by atoms with van der Waals surface area (Å²) in [4.78, 5) is 0. The van der Waals surface area contributed by atoms with Crippen LogP contribution in [0.15, 0.2) is 23.4 Å². The van der Waals surface area contributed by atoms with Crippen LogP contribution in [-0.4, -0.2) is 16.6 Å². The van der Waals surface area contributed by atoms with Crippen LogP contribution in [0.4, 0.5) is 13.2 Å². The van der Waals surface area contributed by atoms with E-state index in [1.165, 1.54) is 6.07 Å². The summed E-state index contributed by atoms with van der Waals surface area (Å²) in [6, 6.07) is 3.34. The molecule has 1 rings (SSSR count). The van der Waals surface area contributed by atoms with Gasteiger partial charge in [0.25, 0.3) is 0 Å². The lowest BCUT2D eigenvalue weighted by Crippen LogP contribution is -2.27. The lowest BCUT2D eigenvalue weighted by atomic mass is 10.0. The van der Waals surface area contributed by atoms with E-state index in [1.807, 2.05) is 6.92 Å². The number of rotatable bonds is 4.